The topological polar surface area (TPSA) is 102 Å². The standard InChI is InChI=1S/C17H24FN3O3S2/c1-15(2,3)26(24)20-17(6,11-25-16(4,5)10-19)13-9-12(21(22)23)7-8-14(13)18/h7-9,20H,11H2,1-6H3/t17-,26-/m1/s1. The van der Waals surface area contributed by atoms with E-state index in [0.29, 0.717) is 0 Å². The van der Waals surface area contributed by atoms with E-state index in [2.05, 4.69) is 10.8 Å². The summed E-state index contributed by atoms with van der Waals surface area (Å²) in [5, 5.41) is 20.3. The number of hydrogen-bond acceptors (Lipinski definition) is 6. The summed E-state index contributed by atoms with van der Waals surface area (Å²) in [6.07, 6.45) is 0. The molecule has 0 saturated carbocycles. The van der Waals surface area contributed by atoms with Crippen molar-refractivity contribution in [3.05, 3.63) is 39.7 Å². The number of rotatable bonds is 7. The predicted molar refractivity (Wildman–Crippen MR) is 104 cm³/mol. The predicted octanol–water partition coefficient (Wildman–Crippen LogP) is 4.04. The van der Waals surface area contributed by atoms with Gasteiger partial charge in [-0.25, -0.2) is 4.39 Å². The number of thioether (sulfide) groups is 1. The fourth-order valence-corrected chi connectivity index (χ4v) is 3.86. The van der Waals surface area contributed by atoms with Crippen LogP contribution in [0.1, 0.15) is 47.1 Å². The van der Waals surface area contributed by atoms with Gasteiger partial charge >= 0.3 is 0 Å². The zero-order valence-corrected chi connectivity index (χ0v) is 17.4. The minimum absolute atomic E-state index is 0.0468. The normalized spacial score (nSPS) is 15.8. The quantitative estimate of drug-likeness (QED) is 0.420. The molecule has 0 aliphatic heterocycles. The Morgan fingerprint density at radius 1 is 1.31 bits per heavy atom. The molecule has 0 bridgehead atoms. The first-order valence-electron chi connectivity index (χ1n) is 7.91. The molecular formula is C17H24FN3O3S2. The first kappa shape index (κ1) is 22.7. The Hall–Kier alpha value is -1.34. The molecule has 0 spiro atoms. The van der Waals surface area contributed by atoms with Crippen molar-refractivity contribution >= 4 is 28.8 Å². The zero-order chi connectivity index (χ0) is 20.3. The van der Waals surface area contributed by atoms with Gasteiger partial charge in [-0.2, -0.15) is 5.26 Å². The number of benzene rings is 1. The van der Waals surface area contributed by atoms with Crippen LogP contribution in [0.2, 0.25) is 0 Å². The smallest absolute Gasteiger partial charge is 0.269 e. The van der Waals surface area contributed by atoms with E-state index in [-0.39, 0.29) is 17.0 Å². The summed E-state index contributed by atoms with van der Waals surface area (Å²) < 4.78 is 28.8. The number of nitro groups is 1. The molecular weight excluding hydrogens is 377 g/mol. The number of nitrogens with zero attached hydrogens (tertiary/aromatic N) is 2. The minimum Gasteiger partial charge on any atom is -0.598 e. The van der Waals surface area contributed by atoms with E-state index in [4.69, 9.17) is 0 Å². The van der Waals surface area contributed by atoms with Crippen LogP contribution in [0.25, 0.3) is 0 Å². The number of nitrogens with one attached hydrogen (secondary N) is 1. The van der Waals surface area contributed by atoms with E-state index >= 15 is 0 Å². The van der Waals surface area contributed by atoms with E-state index in [0.717, 1.165) is 18.2 Å². The van der Waals surface area contributed by atoms with Crippen molar-refractivity contribution < 1.29 is 13.9 Å². The van der Waals surface area contributed by atoms with Gasteiger partial charge in [-0.3, -0.25) is 10.1 Å². The molecule has 1 rings (SSSR count). The molecule has 0 radical (unpaired) electrons. The second-order valence-electron chi connectivity index (χ2n) is 7.65. The lowest BCUT2D eigenvalue weighted by Crippen LogP contribution is -2.52. The van der Waals surface area contributed by atoms with Crippen LogP contribution in [0, 0.1) is 27.3 Å². The van der Waals surface area contributed by atoms with E-state index in [1.807, 2.05) is 0 Å². The molecule has 0 aromatic heterocycles. The highest BCUT2D eigenvalue weighted by molar-refractivity contribution is 8.01. The molecule has 0 fully saturated rings. The lowest BCUT2D eigenvalue weighted by Gasteiger charge is -2.36. The minimum atomic E-state index is -1.55. The molecule has 2 atom stereocenters. The van der Waals surface area contributed by atoms with Gasteiger partial charge < -0.3 is 4.55 Å². The van der Waals surface area contributed by atoms with Crippen molar-refractivity contribution in [3.8, 4) is 6.07 Å². The average molecular weight is 402 g/mol. The third-order valence-electron chi connectivity index (χ3n) is 3.62. The number of nitriles is 1. The highest BCUT2D eigenvalue weighted by Crippen LogP contribution is 2.36. The van der Waals surface area contributed by atoms with Crippen molar-refractivity contribution in [2.75, 3.05) is 5.75 Å². The van der Waals surface area contributed by atoms with Gasteiger partial charge in [-0.05, 0) is 47.6 Å². The van der Waals surface area contributed by atoms with Gasteiger partial charge in [-0.15, -0.1) is 16.5 Å². The molecule has 6 nitrogen and oxygen atoms in total. The Morgan fingerprint density at radius 3 is 2.35 bits per heavy atom. The first-order chi connectivity index (χ1) is 11.7. The maximum Gasteiger partial charge on any atom is 0.269 e. The van der Waals surface area contributed by atoms with Gasteiger partial charge in [0.25, 0.3) is 5.69 Å². The molecule has 0 unspecified atom stereocenters. The molecule has 0 saturated heterocycles. The van der Waals surface area contributed by atoms with E-state index in [9.17, 15) is 24.3 Å². The molecule has 1 aromatic rings. The third-order valence-corrected chi connectivity index (χ3v) is 6.90. The third kappa shape index (κ3) is 5.84. The van der Waals surface area contributed by atoms with Crippen LogP contribution in [0.5, 0.6) is 0 Å². The van der Waals surface area contributed by atoms with Crippen molar-refractivity contribution in [2.45, 2.75) is 56.6 Å². The monoisotopic (exact) mass is 401 g/mol. The summed E-state index contributed by atoms with van der Waals surface area (Å²) >= 11 is -0.284. The lowest BCUT2D eigenvalue weighted by atomic mass is 9.94. The SMILES string of the molecule is CC(C)(C#N)SC[C@@](C)(N[S@+]([O-])C(C)(C)C)c1cc([N+](=O)[O-])ccc1F. The van der Waals surface area contributed by atoms with Gasteiger partial charge in [0, 0.05) is 34.8 Å². The summed E-state index contributed by atoms with van der Waals surface area (Å²) in [5.41, 5.74) is -1.38. The lowest BCUT2D eigenvalue weighted by molar-refractivity contribution is -0.385. The summed E-state index contributed by atoms with van der Waals surface area (Å²) in [5.74, 6) is -0.431. The molecule has 9 heteroatoms. The maximum atomic E-state index is 14.5. The molecule has 1 N–H and O–H groups in total. The number of halogens is 1. The molecule has 0 aliphatic rings. The fourth-order valence-electron chi connectivity index (χ4n) is 1.93. The molecule has 144 valence electrons. The Bertz CT molecular complexity index is 716. The van der Waals surface area contributed by atoms with Crippen LogP contribution in [0.15, 0.2) is 18.2 Å². The van der Waals surface area contributed by atoms with E-state index in [1.54, 1.807) is 41.5 Å². The number of nitro benzene ring substituents is 1. The summed E-state index contributed by atoms with van der Waals surface area (Å²) in [4.78, 5) is 10.5. The van der Waals surface area contributed by atoms with Crippen LogP contribution in [-0.4, -0.2) is 24.7 Å². The fraction of sp³-hybridized carbons (Fsp3) is 0.588. The first-order valence-corrected chi connectivity index (χ1v) is 10.0. The summed E-state index contributed by atoms with van der Waals surface area (Å²) in [6, 6.07) is 5.43. The highest BCUT2D eigenvalue weighted by Gasteiger charge is 2.40. The summed E-state index contributed by atoms with van der Waals surface area (Å²) in [7, 11) is 0. The second kappa shape index (κ2) is 8.13. The van der Waals surface area contributed by atoms with Crippen LogP contribution < -0.4 is 4.72 Å². The number of non-ortho nitro benzene ring substituents is 1. The Labute approximate surface area is 161 Å². The molecule has 0 heterocycles. The molecule has 26 heavy (non-hydrogen) atoms. The van der Waals surface area contributed by atoms with Crippen LogP contribution in [0.3, 0.4) is 0 Å². The van der Waals surface area contributed by atoms with Gasteiger partial charge in [0.1, 0.15) is 10.6 Å². The van der Waals surface area contributed by atoms with E-state index < -0.39 is 37.1 Å². The van der Waals surface area contributed by atoms with Gasteiger partial charge in [0.2, 0.25) is 0 Å². The second-order valence-corrected chi connectivity index (χ2v) is 11.2. The number of hydrogen-bond donors (Lipinski definition) is 1. The average Bonchev–Trinajstić information content (AvgIpc) is 2.52. The highest BCUT2D eigenvalue weighted by atomic mass is 32.2. The van der Waals surface area contributed by atoms with Crippen molar-refractivity contribution in [1.82, 2.24) is 4.72 Å². The zero-order valence-electron chi connectivity index (χ0n) is 15.8. The van der Waals surface area contributed by atoms with Crippen molar-refractivity contribution in [1.29, 1.82) is 5.26 Å². The van der Waals surface area contributed by atoms with Crippen molar-refractivity contribution in [2.24, 2.45) is 0 Å². The Kier molecular flexibility index (Phi) is 7.10. The molecule has 1 aromatic carbocycles. The molecule has 0 amide bonds. The van der Waals surface area contributed by atoms with Gasteiger partial charge in [-0.1, -0.05) is 0 Å². The van der Waals surface area contributed by atoms with Gasteiger partial charge in [0.05, 0.1) is 21.3 Å². The Morgan fingerprint density at radius 2 is 1.88 bits per heavy atom. The van der Waals surface area contributed by atoms with Crippen LogP contribution >= 0.6 is 11.8 Å². The maximum absolute atomic E-state index is 14.5. The summed E-state index contributed by atoms with van der Waals surface area (Å²) in [6.45, 7) is 10.4. The largest absolute Gasteiger partial charge is 0.598 e. The van der Waals surface area contributed by atoms with Crippen molar-refractivity contribution in [3.63, 3.8) is 0 Å². The van der Waals surface area contributed by atoms with Gasteiger partial charge in [0.15, 0.2) is 0 Å². The van der Waals surface area contributed by atoms with Crippen LogP contribution in [-0.2, 0) is 16.9 Å². The van der Waals surface area contributed by atoms with Crippen LogP contribution in [0.4, 0.5) is 10.1 Å². The molecule has 0 aliphatic carbocycles. The van der Waals surface area contributed by atoms with E-state index in [1.165, 1.54) is 11.8 Å². The Balaban J connectivity index is 3.38.